The summed E-state index contributed by atoms with van der Waals surface area (Å²) < 4.78 is 8.47. The molecule has 96 valence electrons. The zero-order chi connectivity index (χ0) is 12.4. The first-order valence-corrected chi connectivity index (χ1v) is 6.84. The molecule has 2 rings (SSSR count). The largest absolute Gasteiger partial charge is 0.376 e. The van der Waals surface area contributed by atoms with Crippen molar-refractivity contribution in [3.05, 3.63) is 10.3 Å². The van der Waals surface area contributed by atoms with Gasteiger partial charge in [0.1, 0.15) is 0 Å². The first-order chi connectivity index (χ1) is 8.15. The van der Waals surface area contributed by atoms with Gasteiger partial charge >= 0.3 is 0 Å². The molecule has 1 aliphatic heterocycles. The van der Waals surface area contributed by atoms with Crippen molar-refractivity contribution in [2.75, 3.05) is 13.2 Å². The van der Waals surface area contributed by atoms with E-state index in [2.05, 4.69) is 45.4 Å². The molecule has 0 saturated carbocycles. The van der Waals surface area contributed by atoms with E-state index in [9.17, 15) is 0 Å². The molecule has 1 aliphatic rings. The van der Waals surface area contributed by atoms with Crippen molar-refractivity contribution in [1.29, 1.82) is 0 Å². The molecule has 0 radical (unpaired) electrons. The van der Waals surface area contributed by atoms with Gasteiger partial charge in [0.25, 0.3) is 0 Å². The normalized spacial score (nSPS) is 26.4. The van der Waals surface area contributed by atoms with Gasteiger partial charge in [0.2, 0.25) is 0 Å². The molecule has 0 bridgehead atoms. The molecule has 0 aliphatic carbocycles. The Labute approximate surface area is 110 Å². The molecule has 0 aromatic carbocycles. The highest BCUT2D eigenvalue weighted by Crippen LogP contribution is 2.33. The van der Waals surface area contributed by atoms with E-state index in [-0.39, 0.29) is 12.1 Å². The van der Waals surface area contributed by atoms with Crippen LogP contribution in [0.15, 0.2) is 4.60 Å². The van der Waals surface area contributed by atoms with E-state index < -0.39 is 0 Å². The smallest absolute Gasteiger partial charge is 0.153 e. The Morgan fingerprint density at radius 2 is 2.41 bits per heavy atom. The van der Waals surface area contributed by atoms with Crippen LogP contribution in [0.5, 0.6) is 0 Å². The van der Waals surface area contributed by atoms with Crippen LogP contribution in [0.4, 0.5) is 0 Å². The summed E-state index contributed by atoms with van der Waals surface area (Å²) in [7, 11) is 1.91. The van der Waals surface area contributed by atoms with Crippen molar-refractivity contribution in [2.45, 2.75) is 32.4 Å². The Balaban J connectivity index is 2.28. The van der Waals surface area contributed by atoms with Gasteiger partial charge in [-0.1, -0.05) is 19.1 Å². The van der Waals surface area contributed by atoms with Crippen molar-refractivity contribution in [2.24, 2.45) is 13.0 Å². The Hall–Kier alpha value is -0.460. The molecule has 0 spiro atoms. The molecular weight excluding hydrogens is 284 g/mol. The minimum atomic E-state index is 0.145. The van der Waals surface area contributed by atoms with E-state index in [1.807, 2.05) is 11.7 Å². The first-order valence-electron chi connectivity index (χ1n) is 6.05. The molecule has 1 fully saturated rings. The van der Waals surface area contributed by atoms with Gasteiger partial charge < -0.3 is 10.1 Å². The number of nitrogens with one attached hydrogen (secondary N) is 1. The van der Waals surface area contributed by atoms with Crippen LogP contribution in [0.2, 0.25) is 0 Å². The molecule has 17 heavy (non-hydrogen) atoms. The maximum atomic E-state index is 5.86. The summed E-state index contributed by atoms with van der Waals surface area (Å²) in [5, 5.41) is 11.6. The van der Waals surface area contributed by atoms with Crippen LogP contribution in [0.3, 0.4) is 0 Å². The third kappa shape index (κ3) is 2.53. The molecule has 5 nitrogen and oxygen atoms in total. The summed E-state index contributed by atoms with van der Waals surface area (Å²) in [6.07, 6.45) is 1.32. The van der Waals surface area contributed by atoms with Crippen molar-refractivity contribution in [3.8, 4) is 0 Å². The van der Waals surface area contributed by atoms with E-state index >= 15 is 0 Å². The Morgan fingerprint density at radius 3 is 2.88 bits per heavy atom. The third-order valence-corrected chi connectivity index (χ3v) is 3.88. The summed E-state index contributed by atoms with van der Waals surface area (Å²) in [4.78, 5) is 0. The predicted molar refractivity (Wildman–Crippen MR) is 68.6 cm³/mol. The number of likely N-dealkylation sites (N-methyl/N-ethyl adjacent to an activating group) is 1. The fraction of sp³-hybridized carbons (Fsp3) is 0.818. The van der Waals surface area contributed by atoms with Gasteiger partial charge in [0.15, 0.2) is 4.60 Å². The molecule has 3 unspecified atom stereocenters. The number of hydrogen-bond donors (Lipinski definition) is 1. The van der Waals surface area contributed by atoms with E-state index in [0.29, 0.717) is 5.92 Å². The molecule has 6 heteroatoms. The fourth-order valence-corrected chi connectivity index (χ4v) is 2.97. The van der Waals surface area contributed by atoms with Gasteiger partial charge in [0.05, 0.1) is 17.8 Å². The maximum absolute atomic E-state index is 5.86. The number of hydrogen-bond acceptors (Lipinski definition) is 4. The van der Waals surface area contributed by atoms with Gasteiger partial charge in [-0.05, 0) is 34.8 Å². The summed E-state index contributed by atoms with van der Waals surface area (Å²) >= 11 is 3.46. The second-order valence-corrected chi connectivity index (χ2v) is 5.28. The van der Waals surface area contributed by atoms with Crippen LogP contribution in [-0.4, -0.2) is 34.2 Å². The summed E-state index contributed by atoms with van der Waals surface area (Å²) in [6.45, 7) is 6.08. The molecule has 1 aromatic heterocycles. The zero-order valence-corrected chi connectivity index (χ0v) is 12.1. The maximum Gasteiger partial charge on any atom is 0.153 e. The van der Waals surface area contributed by atoms with Gasteiger partial charge in [-0.15, -0.1) is 5.10 Å². The molecule has 1 saturated heterocycles. The Bertz CT molecular complexity index is 362. The monoisotopic (exact) mass is 302 g/mol. The van der Waals surface area contributed by atoms with Crippen LogP contribution in [0, 0.1) is 5.92 Å². The lowest BCUT2D eigenvalue weighted by Gasteiger charge is -2.26. The molecule has 3 atom stereocenters. The SMILES string of the molecule is CCNC(c1c(Br)nnn1C)C1OCCC1C. The zero-order valence-electron chi connectivity index (χ0n) is 10.5. The van der Waals surface area contributed by atoms with Gasteiger partial charge in [-0.3, -0.25) is 0 Å². The molecule has 2 heterocycles. The van der Waals surface area contributed by atoms with Crippen molar-refractivity contribution in [3.63, 3.8) is 0 Å². The number of aromatic nitrogens is 3. The summed E-state index contributed by atoms with van der Waals surface area (Å²) in [5.41, 5.74) is 1.06. The molecule has 0 amide bonds. The highest BCUT2D eigenvalue weighted by molar-refractivity contribution is 9.10. The van der Waals surface area contributed by atoms with Crippen LogP contribution >= 0.6 is 15.9 Å². The van der Waals surface area contributed by atoms with Crippen molar-refractivity contribution in [1.82, 2.24) is 20.3 Å². The quantitative estimate of drug-likeness (QED) is 0.919. The number of rotatable bonds is 4. The average Bonchev–Trinajstić information content (AvgIpc) is 2.84. The van der Waals surface area contributed by atoms with Crippen LogP contribution in [-0.2, 0) is 11.8 Å². The Kier molecular flexibility index (Phi) is 4.17. The summed E-state index contributed by atoms with van der Waals surface area (Å²) in [6, 6.07) is 0.145. The van der Waals surface area contributed by atoms with Crippen molar-refractivity contribution >= 4 is 15.9 Å². The minimum Gasteiger partial charge on any atom is -0.376 e. The average molecular weight is 303 g/mol. The second kappa shape index (κ2) is 5.46. The van der Waals surface area contributed by atoms with Crippen LogP contribution in [0.25, 0.3) is 0 Å². The van der Waals surface area contributed by atoms with Gasteiger partial charge in [0, 0.05) is 13.7 Å². The number of ether oxygens (including phenoxy) is 1. The highest BCUT2D eigenvalue weighted by atomic mass is 79.9. The first kappa shape index (κ1) is 13.0. The van der Waals surface area contributed by atoms with E-state index in [0.717, 1.165) is 29.9 Å². The van der Waals surface area contributed by atoms with Gasteiger partial charge in [-0.2, -0.15) is 0 Å². The summed E-state index contributed by atoms with van der Waals surface area (Å²) in [5.74, 6) is 0.556. The van der Waals surface area contributed by atoms with Crippen LogP contribution < -0.4 is 5.32 Å². The number of nitrogens with zero attached hydrogens (tertiary/aromatic N) is 3. The Morgan fingerprint density at radius 1 is 1.65 bits per heavy atom. The second-order valence-electron chi connectivity index (χ2n) is 4.53. The topological polar surface area (TPSA) is 52.0 Å². The van der Waals surface area contributed by atoms with Crippen LogP contribution in [0.1, 0.15) is 32.0 Å². The number of halogens is 1. The molecule has 1 aromatic rings. The standard InChI is InChI=1S/C11H19BrN4O/c1-4-13-8(10-7(2)5-6-17-10)9-11(12)14-15-16(9)3/h7-8,10,13H,4-6H2,1-3H3. The van der Waals surface area contributed by atoms with Gasteiger partial charge in [-0.25, -0.2) is 4.68 Å². The molecule has 1 N–H and O–H groups in total. The lowest BCUT2D eigenvalue weighted by molar-refractivity contribution is 0.0585. The van der Waals surface area contributed by atoms with Crippen molar-refractivity contribution < 1.29 is 4.74 Å². The molecular formula is C11H19BrN4O. The minimum absolute atomic E-state index is 0.145. The fourth-order valence-electron chi connectivity index (χ4n) is 2.40. The number of aryl methyl sites for hydroxylation is 1. The lowest BCUT2D eigenvalue weighted by Crippen LogP contribution is -2.36. The third-order valence-electron chi connectivity index (χ3n) is 3.32. The highest BCUT2D eigenvalue weighted by Gasteiger charge is 2.35. The van der Waals surface area contributed by atoms with E-state index in [4.69, 9.17) is 4.74 Å². The predicted octanol–water partition coefficient (Wildman–Crippen LogP) is 1.65. The lowest BCUT2D eigenvalue weighted by atomic mass is 9.95. The van der Waals surface area contributed by atoms with E-state index in [1.54, 1.807) is 0 Å². The van der Waals surface area contributed by atoms with E-state index in [1.165, 1.54) is 0 Å².